The Morgan fingerprint density at radius 2 is 2.05 bits per heavy atom. The number of nitrogens with one attached hydrogen (secondary N) is 2. The molecule has 2 heterocycles. The highest BCUT2D eigenvalue weighted by atomic mass is 19.4. The third-order valence-corrected chi connectivity index (χ3v) is 2.61. The van der Waals surface area contributed by atoms with Gasteiger partial charge in [-0.15, -0.1) is 0 Å². The molecule has 9 heteroatoms. The molecule has 21 heavy (non-hydrogen) atoms. The fraction of sp³-hybridized carbons (Fsp3) is 0.417. The van der Waals surface area contributed by atoms with Crippen LogP contribution in [0.25, 0.3) is 0 Å². The minimum Gasteiger partial charge on any atom is -0.444 e. The van der Waals surface area contributed by atoms with Crippen LogP contribution in [0.5, 0.6) is 0 Å². The molecule has 6 nitrogen and oxygen atoms in total. The van der Waals surface area contributed by atoms with Crippen LogP contribution in [-0.4, -0.2) is 22.0 Å². The molecule has 0 atom stereocenters. The van der Waals surface area contributed by atoms with E-state index in [9.17, 15) is 13.2 Å². The molecule has 0 aliphatic rings. The van der Waals surface area contributed by atoms with Gasteiger partial charge < -0.3 is 15.1 Å². The molecule has 2 aromatic rings. The number of anilines is 2. The summed E-state index contributed by atoms with van der Waals surface area (Å²) in [6, 6.07) is 0.838. The van der Waals surface area contributed by atoms with Crippen molar-refractivity contribution in [3.63, 3.8) is 0 Å². The molecular weight excluding hydrogens is 287 g/mol. The summed E-state index contributed by atoms with van der Waals surface area (Å²) in [6.45, 7) is 2.05. The Bertz CT molecular complexity index is 611. The minimum atomic E-state index is -4.54. The van der Waals surface area contributed by atoms with Gasteiger partial charge in [-0.2, -0.15) is 18.2 Å². The predicted octanol–water partition coefficient (Wildman–Crippen LogP) is 2.70. The number of halogens is 3. The van der Waals surface area contributed by atoms with Crippen LogP contribution in [0, 0.1) is 0 Å². The number of alkyl halides is 3. The van der Waals surface area contributed by atoms with Crippen LogP contribution in [-0.2, 0) is 19.1 Å². The van der Waals surface area contributed by atoms with Crippen molar-refractivity contribution in [3.8, 4) is 0 Å². The SMILES string of the molecule is CCc1cnc(CNc2cc(C(F)(F)F)nc(NC)n2)o1. The van der Waals surface area contributed by atoms with Gasteiger partial charge in [-0.05, 0) is 0 Å². The number of aromatic nitrogens is 3. The van der Waals surface area contributed by atoms with Gasteiger partial charge in [0, 0.05) is 19.5 Å². The minimum absolute atomic E-state index is 0.0397. The fourth-order valence-corrected chi connectivity index (χ4v) is 1.55. The van der Waals surface area contributed by atoms with E-state index in [0.717, 1.165) is 6.07 Å². The van der Waals surface area contributed by atoms with Gasteiger partial charge in [-0.25, -0.2) is 9.97 Å². The number of oxazole rings is 1. The van der Waals surface area contributed by atoms with Crippen molar-refractivity contribution in [1.82, 2.24) is 15.0 Å². The average Bonchev–Trinajstić information content (AvgIpc) is 2.92. The maximum Gasteiger partial charge on any atom is 0.433 e. The molecule has 0 aliphatic heterocycles. The Hall–Kier alpha value is -2.32. The van der Waals surface area contributed by atoms with E-state index in [1.807, 2.05) is 6.92 Å². The van der Waals surface area contributed by atoms with Crippen molar-refractivity contribution in [2.45, 2.75) is 26.1 Å². The molecule has 0 unspecified atom stereocenters. The van der Waals surface area contributed by atoms with E-state index in [1.165, 1.54) is 7.05 Å². The summed E-state index contributed by atoms with van der Waals surface area (Å²) in [5.41, 5.74) is -1.02. The van der Waals surface area contributed by atoms with Crippen molar-refractivity contribution >= 4 is 11.8 Å². The smallest absolute Gasteiger partial charge is 0.433 e. The van der Waals surface area contributed by atoms with Gasteiger partial charge in [0.15, 0.2) is 5.69 Å². The zero-order valence-corrected chi connectivity index (χ0v) is 11.5. The number of hydrogen-bond donors (Lipinski definition) is 2. The summed E-state index contributed by atoms with van der Waals surface area (Å²) in [7, 11) is 1.45. The van der Waals surface area contributed by atoms with Crippen LogP contribution in [0.3, 0.4) is 0 Å². The van der Waals surface area contributed by atoms with Gasteiger partial charge in [0.1, 0.15) is 11.6 Å². The first-order chi connectivity index (χ1) is 9.92. The maximum absolute atomic E-state index is 12.7. The van der Waals surface area contributed by atoms with Gasteiger partial charge >= 0.3 is 6.18 Å². The number of hydrogen-bond acceptors (Lipinski definition) is 6. The van der Waals surface area contributed by atoms with Crippen molar-refractivity contribution in [1.29, 1.82) is 0 Å². The van der Waals surface area contributed by atoms with Crippen molar-refractivity contribution in [3.05, 3.63) is 29.6 Å². The maximum atomic E-state index is 12.7. The lowest BCUT2D eigenvalue weighted by molar-refractivity contribution is -0.141. The first-order valence-electron chi connectivity index (χ1n) is 6.24. The molecule has 0 spiro atoms. The van der Waals surface area contributed by atoms with Crippen LogP contribution in [0.15, 0.2) is 16.7 Å². The monoisotopic (exact) mass is 301 g/mol. The Morgan fingerprint density at radius 3 is 2.62 bits per heavy atom. The lowest BCUT2D eigenvalue weighted by Crippen LogP contribution is -2.13. The number of aryl methyl sites for hydroxylation is 1. The summed E-state index contributed by atoms with van der Waals surface area (Å²) in [5.74, 6) is 1.01. The fourth-order valence-electron chi connectivity index (χ4n) is 1.55. The van der Waals surface area contributed by atoms with Gasteiger partial charge in [0.05, 0.1) is 12.7 Å². The van der Waals surface area contributed by atoms with E-state index >= 15 is 0 Å². The van der Waals surface area contributed by atoms with Crippen LogP contribution >= 0.6 is 0 Å². The molecule has 2 N–H and O–H groups in total. The van der Waals surface area contributed by atoms with Crippen LogP contribution in [0.4, 0.5) is 24.9 Å². The normalized spacial score (nSPS) is 11.5. The lowest BCUT2D eigenvalue weighted by Gasteiger charge is -2.10. The van der Waals surface area contributed by atoms with Crippen LogP contribution in [0.1, 0.15) is 24.3 Å². The van der Waals surface area contributed by atoms with E-state index in [0.29, 0.717) is 18.1 Å². The topological polar surface area (TPSA) is 75.9 Å². The van der Waals surface area contributed by atoms with Gasteiger partial charge in [0.25, 0.3) is 0 Å². The molecule has 2 aromatic heterocycles. The summed E-state index contributed by atoms with van der Waals surface area (Å²) < 4.78 is 43.5. The molecule has 0 fully saturated rings. The van der Waals surface area contributed by atoms with E-state index in [1.54, 1.807) is 6.20 Å². The van der Waals surface area contributed by atoms with Crippen LogP contribution in [0.2, 0.25) is 0 Å². The summed E-state index contributed by atoms with van der Waals surface area (Å²) in [4.78, 5) is 11.3. The first kappa shape index (κ1) is 15.1. The second-order valence-corrected chi connectivity index (χ2v) is 4.14. The quantitative estimate of drug-likeness (QED) is 0.884. The lowest BCUT2D eigenvalue weighted by atomic mass is 10.3. The largest absolute Gasteiger partial charge is 0.444 e. The molecule has 0 aliphatic carbocycles. The number of rotatable bonds is 5. The predicted molar refractivity (Wildman–Crippen MR) is 69.8 cm³/mol. The van der Waals surface area contributed by atoms with E-state index in [-0.39, 0.29) is 18.3 Å². The van der Waals surface area contributed by atoms with Crippen LogP contribution < -0.4 is 10.6 Å². The van der Waals surface area contributed by atoms with E-state index < -0.39 is 11.9 Å². The highest BCUT2D eigenvalue weighted by Crippen LogP contribution is 2.29. The van der Waals surface area contributed by atoms with Gasteiger partial charge in [0.2, 0.25) is 11.8 Å². The highest BCUT2D eigenvalue weighted by molar-refractivity contribution is 5.42. The molecule has 0 saturated carbocycles. The van der Waals surface area contributed by atoms with Crippen molar-refractivity contribution in [2.24, 2.45) is 0 Å². The summed E-state index contributed by atoms with van der Waals surface area (Å²) in [5, 5.41) is 5.23. The molecular formula is C12H14F3N5O. The number of nitrogens with zero attached hydrogens (tertiary/aromatic N) is 3. The average molecular weight is 301 g/mol. The summed E-state index contributed by atoms with van der Waals surface area (Å²) >= 11 is 0. The third-order valence-electron chi connectivity index (χ3n) is 2.61. The molecule has 114 valence electrons. The molecule has 0 aromatic carbocycles. The molecule has 0 bridgehead atoms. The highest BCUT2D eigenvalue weighted by Gasteiger charge is 2.33. The van der Waals surface area contributed by atoms with E-state index in [4.69, 9.17) is 4.42 Å². The van der Waals surface area contributed by atoms with Gasteiger partial charge in [-0.3, -0.25) is 0 Å². The Balaban J connectivity index is 2.15. The molecule has 2 rings (SSSR count). The zero-order chi connectivity index (χ0) is 15.5. The van der Waals surface area contributed by atoms with Gasteiger partial charge in [-0.1, -0.05) is 6.92 Å². The third kappa shape index (κ3) is 3.83. The Kier molecular flexibility index (Phi) is 4.29. The van der Waals surface area contributed by atoms with Crippen molar-refractivity contribution in [2.75, 3.05) is 17.7 Å². The molecule has 0 saturated heterocycles. The second-order valence-electron chi connectivity index (χ2n) is 4.14. The standard InChI is InChI=1S/C12H14F3N5O/c1-3-7-5-18-10(21-7)6-17-9-4-8(12(13,14)15)19-11(16-2)20-9/h4-5H,3,6H2,1-2H3,(H2,16,17,19,20). The Labute approximate surface area is 118 Å². The zero-order valence-electron chi connectivity index (χ0n) is 11.5. The first-order valence-corrected chi connectivity index (χ1v) is 6.24. The second kappa shape index (κ2) is 5.98. The molecule has 0 radical (unpaired) electrons. The van der Waals surface area contributed by atoms with Crippen molar-refractivity contribution < 1.29 is 17.6 Å². The van der Waals surface area contributed by atoms with E-state index in [2.05, 4.69) is 25.6 Å². The molecule has 0 amide bonds. The summed E-state index contributed by atoms with van der Waals surface area (Å²) in [6.07, 6.45) is -2.26. The Morgan fingerprint density at radius 1 is 1.29 bits per heavy atom.